The van der Waals surface area contributed by atoms with E-state index in [0.717, 1.165) is 17.6 Å². The van der Waals surface area contributed by atoms with Crippen molar-refractivity contribution in [1.82, 2.24) is 9.38 Å². The number of azo groups is 4. The fraction of sp³-hybridized carbons (Fsp3) is 0.275. The van der Waals surface area contributed by atoms with Gasteiger partial charge < -0.3 is 19.3 Å². The number of carbonyl (C=O) groups excluding carboxylic acids is 1. The number of nitrogens with zero attached hydrogens (tertiary/aromatic N) is 11. The highest BCUT2D eigenvalue weighted by Gasteiger charge is 2.26. The third-order valence-corrected chi connectivity index (χ3v) is 18.0. The van der Waals surface area contributed by atoms with Crippen molar-refractivity contribution in [2.45, 2.75) is 61.6 Å². The van der Waals surface area contributed by atoms with E-state index >= 15 is 0 Å². The van der Waals surface area contributed by atoms with Gasteiger partial charge in [0.2, 0.25) is 5.88 Å². The van der Waals surface area contributed by atoms with Crippen molar-refractivity contribution >= 4 is 144 Å². The van der Waals surface area contributed by atoms with E-state index in [2.05, 4.69) is 45.9 Å². The lowest BCUT2D eigenvalue weighted by atomic mass is 10.1. The van der Waals surface area contributed by atoms with Crippen LogP contribution in [0, 0.1) is 39.0 Å². The minimum absolute atomic E-state index is 0.00850. The van der Waals surface area contributed by atoms with Crippen LogP contribution in [0.3, 0.4) is 0 Å². The normalized spacial score (nSPS) is 12.6. The Morgan fingerprint density at radius 1 is 0.640 bits per heavy atom. The molecule has 454 valence electrons. The second kappa shape index (κ2) is 27.9. The van der Waals surface area contributed by atoms with Crippen LogP contribution in [0.2, 0.25) is 5.02 Å². The Bertz CT molecular complexity index is 4460. The summed E-state index contributed by atoms with van der Waals surface area (Å²) in [6, 6.07) is 18.2. The van der Waals surface area contributed by atoms with Gasteiger partial charge in [0.05, 0.1) is 81.2 Å². The maximum atomic E-state index is 12.2. The smallest absolute Gasteiger partial charge is 0.298 e. The minimum atomic E-state index is -4.80. The number of benzene rings is 5. The zero-order chi connectivity index (χ0) is 62.9. The number of aryl methyl sites for hydroxylation is 3. The van der Waals surface area contributed by atoms with Crippen LogP contribution < -0.4 is 14.2 Å². The summed E-state index contributed by atoms with van der Waals surface area (Å²) >= 11 is 8.49. The number of hydrogen-bond donors (Lipinski definition) is 5. The Labute approximate surface area is 505 Å². The van der Waals surface area contributed by atoms with Crippen LogP contribution in [0.15, 0.2) is 122 Å². The number of fused-ring (bicyclic) bond motifs is 3. The SMILES string of the molecule is COc1cc2c(cc1S(=O)(=O)O)nc1c(C#N)c(C)c(N=Nc3cc(C)c(N=Nc4cc(C)c(N=Nc5cc(C)c(N=Nc6ccc(Cl)c(OC=O)c6)cc5SCCCS(=O)(=O)O)cc4SCCCS(=O)(=O)O)cc3OCCCS(=O)(=O)O)c(O)n12. The van der Waals surface area contributed by atoms with Crippen molar-refractivity contribution in [3.05, 3.63) is 99.6 Å². The number of hydrogen-bond acceptors (Lipinski definition) is 25. The molecule has 0 spiro atoms. The fourth-order valence-corrected chi connectivity index (χ4v) is 12.5. The average molecular weight is 1320 g/mol. The van der Waals surface area contributed by atoms with Crippen LogP contribution in [-0.4, -0.2) is 115 Å². The van der Waals surface area contributed by atoms with E-state index in [1.54, 1.807) is 51.1 Å². The Kier molecular flexibility index (Phi) is 21.4. The predicted molar refractivity (Wildman–Crippen MR) is 319 cm³/mol. The van der Waals surface area contributed by atoms with E-state index in [-0.39, 0.29) is 117 Å². The Morgan fingerprint density at radius 3 is 1.67 bits per heavy atom. The monoisotopic (exact) mass is 1320 g/mol. The molecule has 7 rings (SSSR count). The lowest BCUT2D eigenvalue weighted by Gasteiger charge is -2.12. The van der Waals surface area contributed by atoms with Crippen LogP contribution in [0.5, 0.6) is 23.1 Å². The molecule has 0 amide bonds. The summed E-state index contributed by atoms with van der Waals surface area (Å²) in [4.78, 5) is 15.7. The van der Waals surface area contributed by atoms with E-state index in [1.165, 1.54) is 60.8 Å². The Morgan fingerprint density at radius 2 is 1.15 bits per heavy atom. The van der Waals surface area contributed by atoms with Crippen LogP contribution in [0.4, 0.5) is 45.5 Å². The summed E-state index contributed by atoms with van der Waals surface area (Å²) in [5.74, 6) is -2.16. The highest BCUT2D eigenvalue weighted by atomic mass is 35.5. The number of methoxy groups -OCH3 is 1. The first-order valence-corrected chi connectivity index (χ1v) is 33.5. The molecule has 0 saturated carbocycles. The highest BCUT2D eigenvalue weighted by Crippen LogP contribution is 2.45. The molecular weight excluding hydrogens is 1270 g/mol. The second-order valence-corrected chi connectivity index (χ2v) is 27.2. The molecule has 0 radical (unpaired) electrons. The van der Waals surface area contributed by atoms with Gasteiger partial charge >= 0.3 is 0 Å². The molecule has 2 aromatic heterocycles. The van der Waals surface area contributed by atoms with E-state index in [0.29, 0.717) is 49.2 Å². The number of rotatable bonds is 27. The molecule has 0 aliphatic rings. The summed E-state index contributed by atoms with van der Waals surface area (Å²) in [5.41, 5.74) is 3.11. The van der Waals surface area contributed by atoms with Gasteiger partial charge in [-0.1, -0.05) is 11.6 Å². The lowest BCUT2D eigenvalue weighted by Crippen LogP contribution is -2.08. The highest BCUT2D eigenvalue weighted by molar-refractivity contribution is 7.99. The molecule has 0 bridgehead atoms. The molecule has 86 heavy (non-hydrogen) atoms. The van der Waals surface area contributed by atoms with Gasteiger partial charge in [-0.15, -0.1) is 44.0 Å². The molecule has 0 aliphatic heterocycles. The summed E-state index contributed by atoms with van der Waals surface area (Å²) in [7, 11) is -16.6. The van der Waals surface area contributed by atoms with Crippen molar-refractivity contribution in [1.29, 1.82) is 5.26 Å². The largest absolute Gasteiger partial charge is 0.495 e. The zero-order valence-electron chi connectivity index (χ0n) is 45.7. The third kappa shape index (κ3) is 17.3. The summed E-state index contributed by atoms with van der Waals surface area (Å²) < 4.78 is 149. The Balaban J connectivity index is 1.27. The van der Waals surface area contributed by atoms with Crippen molar-refractivity contribution in [2.24, 2.45) is 40.9 Å². The zero-order valence-corrected chi connectivity index (χ0v) is 51.3. The standard InChI is InChI=1S/C51H50ClN11O17S6/c1-28-17-39(59-62-49-31(4)33(26-53)50-54-38-24-48(86(75,76)77)45(78-5)25-42(38)63(50)51(49)65)44(79-11-6-14-83(66,67)68)21-35(28)57-60-40-19-30(3)37(23-47(40)82-13-8-16-85(72,73)74)58-61-41-18-29(2)36(22-46(41)81-12-7-15-84(69,70)71)56-55-32-9-10-34(52)43(20-32)80-27-64/h9-10,17-25,27,65H,6-8,11-16H2,1-5H3,(H,66,67,68)(H,69,70,71)(H,72,73,74)(H,75,76,77). The van der Waals surface area contributed by atoms with Gasteiger partial charge in [0.15, 0.2) is 17.1 Å². The van der Waals surface area contributed by atoms with Crippen molar-refractivity contribution in [2.75, 3.05) is 42.5 Å². The van der Waals surface area contributed by atoms with E-state index in [9.17, 15) is 67.0 Å². The van der Waals surface area contributed by atoms with E-state index in [1.807, 2.05) is 6.07 Å². The molecule has 0 aliphatic carbocycles. The number of aromatic nitrogens is 2. The maximum Gasteiger partial charge on any atom is 0.298 e. The van der Waals surface area contributed by atoms with Gasteiger partial charge in [0, 0.05) is 33.6 Å². The molecular formula is C51H50ClN11O17S6. The van der Waals surface area contributed by atoms with Gasteiger partial charge in [0.1, 0.15) is 33.7 Å². The number of halogens is 1. The number of nitriles is 1. The molecule has 5 aromatic carbocycles. The lowest BCUT2D eigenvalue weighted by molar-refractivity contribution is -0.120. The van der Waals surface area contributed by atoms with Crippen molar-refractivity contribution in [3.63, 3.8) is 0 Å². The van der Waals surface area contributed by atoms with Gasteiger partial charge in [-0.3, -0.25) is 27.4 Å². The van der Waals surface area contributed by atoms with Crippen LogP contribution in [0.25, 0.3) is 16.7 Å². The molecule has 28 nitrogen and oxygen atoms in total. The number of carbonyl (C=O) groups is 1. The van der Waals surface area contributed by atoms with Gasteiger partial charge in [-0.05, 0) is 124 Å². The summed E-state index contributed by atoms with van der Waals surface area (Å²) in [6.45, 7) is 6.50. The topological polar surface area (TPSA) is 422 Å². The van der Waals surface area contributed by atoms with E-state index in [4.69, 9.17) is 25.8 Å². The predicted octanol–water partition coefficient (Wildman–Crippen LogP) is 12.8. The van der Waals surface area contributed by atoms with Crippen molar-refractivity contribution in [3.8, 4) is 29.2 Å². The molecule has 0 saturated heterocycles. The first kappa shape index (κ1) is 66.0. The molecule has 2 heterocycles. The first-order chi connectivity index (χ1) is 40.5. The van der Waals surface area contributed by atoms with Gasteiger partial charge in [-0.25, -0.2) is 4.98 Å². The number of thioether (sulfide) groups is 2. The van der Waals surface area contributed by atoms with Crippen molar-refractivity contribution < 1.29 is 76.0 Å². The van der Waals surface area contributed by atoms with Crippen LogP contribution in [0.1, 0.15) is 47.1 Å². The minimum Gasteiger partial charge on any atom is -0.495 e. The molecule has 35 heteroatoms. The molecule has 0 atom stereocenters. The maximum absolute atomic E-state index is 12.2. The molecule has 5 N–H and O–H groups in total. The van der Waals surface area contributed by atoms with Crippen LogP contribution in [-0.2, 0) is 45.3 Å². The second-order valence-electron chi connectivity index (χ2n) is 18.4. The number of aromatic hydroxyl groups is 1. The number of pyridine rings is 1. The average Bonchev–Trinajstić information content (AvgIpc) is 1.65. The number of imidazole rings is 1. The van der Waals surface area contributed by atoms with Gasteiger partial charge in [0.25, 0.3) is 46.9 Å². The van der Waals surface area contributed by atoms with E-state index < -0.39 is 68.5 Å². The number of ether oxygens (including phenoxy) is 3. The Hall–Kier alpha value is -7.56. The first-order valence-electron chi connectivity index (χ1n) is 24.8. The summed E-state index contributed by atoms with van der Waals surface area (Å²) in [5, 5.41) is 57.7. The molecule has 7 aromatic rings. The van der Waals surface area contributed by atoms with Gasteiger partial charge in [-0.2, -0.15) is 59.4 Å². The quantitative estimate of drug-likeness (QED) is 0.0105. The summed E-state index contributed by atoms with van der Waals surface area (Å²) in [6.07, 6.45) is -0.0753. The third-order valence-electron chi connectivity index (χ3n) is 12.1. The molecule has 0 unspecified atom stereocenters. The molecule has 0 fully saturated rings. The fourth-order valence-electron chi connectivity index (χ4n) is 7.93. The van der Waals surface area contributed by atoms with Crippen LogP contribution >= 0.6 is 35.1 Å².